The number of ketones is 1. The number of carbonyl (C=O) groups excluding carboxylic acids is 3. The van der Waals surface area contributed by atoms with Crippen molar-refractivity contribution in [3.05, 3.63) is 34.3 Å². The molecule has 0 atom stereocenters. The standard InChI is InChI=1S/C29H33N3O10S/c1-4-40-27(37)9-7-25(34)32-15-17-12-21(38-2)28(31-19(17)16-32)41-10-5-11-42-29-22(39-3)14-23-18(30-29)13-24(43-23)20(33)6-8-26(35)36/h12-14H,4-11,15-16H2,1-3H3,(H,35,36). The summed E-state index contributed by atoms with van der Waals surface area (Å²) in [5.41, 5.74) is 2.11. The number of fused-ring (bicyclic) bond motifs is 2. The molecule has 3 aromatic rings. The number of hydrogen-bond acceptors (Lipinski definition) is 12. The largest absolute Gasteiger partial charge is 0.491 e. The minimum absolute atomic E-state index is 0.0323. The van der Waals surface area contributed by atoms with Crippen LogP contribution in [-0.4, -0.2) is 77.6 Å². The van der Waals surface area contributed by atoms with E-state index in [2.05, 4.69) is 9.97 Å². The fourth-order valence-electron chi connectivity index (χ4n) is 4.35. The van der Waals surface area contributed by atoms with Crippen LogP contribution < -0.4 is 18.9 Å². The van der Waals surface area contributed by atoms with Gasteiger partial charge in [-0.25, -0.2) is 9.97 Å². The lowest BCUT2D eigenvalue weighted by Gasteiger charge is -2.14. The number of amides is 1. The van der Waals surface area contributed by atoms with Gasteiger partial charge in [-0.2, -0.15) is 0 Å². The average molecular weight is 616 g/mol. The molecule has 0 radical (unpaired) electrons. The van der Waals surface area contributed by atoms with Gasteiger partial charge >= 0.3 is 11.9 Å². The molecule has 1 N–H and O–H groups in total. The lowest BCUT2D eigenvalue weighted by Crippen LogP contribution is -2.26. The van der Waals surface area contributed by atoms with E-state index in [9.17, 15) is 19.2 Å². The van der Waals surface area contributed by atoms with Crippen LogP contribution in [0.15, 0.2) is 18.2 Å². The van der Waals surface area contributed by atoms with E-state index in [4.69, 9.17) is 28.8 Å². The molecule has 1 aliphatic heterocycles. The van der Waals surface area contributed by atoms with E-state index >= 15 is 0 Å². The number of carbonyl (C=O) groups is 4. The molecule has 3 aromatic heterocycles. The summed E-state index contributed by atoms with van der Waals surface area (Å²) in [6, 6.07) is 5.16. The van der Waals surface area contributed by atoms with E-state index in [1.54, 1.807) is 30.0 Å². The summed E-state index contributed by atoms with van der Waals surface area (Å²) in [4.78, 5) is 58.4. The molecule has 1 amide bonds. The number of aromatic nitrogens is 2. The Morgan fingerprint density at radius 1 is 0.907 bits per heavy atom. The van der Waals surface area contributed by atoms with Crippen LogP contribution in [-0.2, 0) is 32.2 Å². The maximum absolute atomic E-state index is 12.6. The molecule has 13 nitrogen and oxygen atoms in total. The van der Waals surface area contributed by atoms with Crippen LogP contribution in [0.2, 0.25) is 0 Å². The molecule has 0 bridgehead atoms. The van der Waals surface area contributed by atoms with Gasteiger partial charge in [-0.3, -0.25) is 19.2 Å². The van der Waals surface area contributed by atoms with Crippen LogP contribution >= 0.6 is 11.3 Å². The third-order valence-corrected chi connectivity index (χ3v) is 7.62. The molecule has 0 unspecified atom stereocenters. The first kappa shape index (κ1) is 31.5. The number of carboxylic acid groups (broad SMARTS) is 1. The number of nitrogens with zero attached hydrogens (tertiary/aromatic N) is 3. The molecule has 0 aliphatic carbocycles. The molecule has 4 heterocycles. The van der Waals surface area contributed by atoms with Gasteiger partial charge in [-0.15, -0.1) is 11.3 Å². The predicted molar refractivity (Wildman–Crippen MR) is 154 cm³/mol. The maximum Gasteiger partial charge on any atom is 0.306 e. The highest BCUT2D eigenvalue weighted by Crippen LogP contribution is 2.35. The summed E-state index contributed by atoms with van der Waals surface area (Å²) < 4.78 is 28.2. The number of methoxy groups -OCH3 is 2. The molecule has 230 valence electrons. The van der Waals surface area contributed by atoms with Gasteiger partial charge in [0.05, 0.1) is 74.2 Å². The van der Waals surface area contributed by atoms with Crippen LogP contribution in [0.5, 0.6) is 23.3 Å². The molecule has 14 heteroatoms. The van der Waals surface area contributed by atoms with E-state index in [0.29, 0.717) is 53.0 Å². The van der Waals surface area contributed by atoms with E-state index in [0.717, 1.165) is 10.3 Å². The Kier molecular flexibility index (Phi) is 10.7. The Labute approximate surface area is 251 Å². The molecule has 0 spiro atoms. The molecule has 1 aliphatic rings. The number of hydrogen-bond donors (Lipinski definition) is 1. The van der Waals surface area contributed by atoms with Crippen molar-refractivity contribution >= 4 is 45.2 Å². The van der Waals surface area contributed by atoms with Crippen molar-refractivity contribution in [2.75, 3.05) is 34.0 Å². The highest BCUT2D eigenvalue weighted by Gasteiger charge is 2.27. The first-order chi connectivity index (χ1) is 20.7. The van der Waals surface area contributed by atoms with Crippen LogP contribution in [0, 0.1) is 0 Å². The van der Waals surface area contributed by atoms with Gasteiger partial charge in [0.25, 0.3) is 11.8 Å². The summed E-state index contributed by atoms with van der Waals surface area (Å²) in [5, 5.41) is 8.84. The molecule has 0 saturated heterocycles. The minimum Gasteiger partial charge on any atom is -0.491 e. The SMILES string of the molecule is CCOC(=O)CCC(=O)N1Cc2cc(OC)c(OCCCOc3nc4cc(C(=O)CCC(=O)O)sc4cc3OC)nc2C1. The quantitative estimate of drug-likeness (QED) is 0.141. The Bertz CT molecular complexity index is 1510. The van der Waals surface area contributed by atoms with Crippen molar-refractivity contribution < 1.29 is 48.0 Å². The van der Waals surface area contributed by atoms with E-state index < -0.39 is 11.9 Å². The summed E-state index contributed by atoms with van der Waals surface area (Å²) in [6.45, 7) is 3.19. The van der Waals surface area contributed by atoms with Gasteiger partial charge in [0.2, 0.25) is 5.91 Å². The van der Waals surface area contributed by atoms with Crippen molar-refractivity contribution in [3.63, 3.8) is 0 Å². The van der Waals surface area contributed by atoms with Gasteiger partial charge < -0.3 is 33.7 Å². The number of carboxylic acids is 1. The summed E-state index contributed by atoms with van der Waals surface area (Å²) in [6.07, 6.45) is 0.262. The summed E-state index contributed by atoms with van der Waals surface area (Å²) >= 11 is 1.22. The molecular weight excluding hydrogens is 582 g/mol. The van der Waals surface area contributed by atoms with Gasteiger partial charge in [-0.05, 0) is 24.6 Å². The van der Waals surface area contributed by atoms with Gasteiger partial charge in [0.1, 0.15) is 0 Å². The smallest absolute Gasteiger partial charge is 0.306 e. The summed E-state index contributed by atoms with van der Waals surface area (Å²) in [5.74, 6) is -0.423. The molecule has 0 saturated carbocycles. The van der Waals surface area contributed by atoms with Crippen LogP contribution in [0.3, 0.4) is 0 Å². The highest BCUT2D eigenvalue weighted by atomic mass is 32.1. The lowest BCUT2D eigenvalue weighted by molar-refractivity contribution is -0.145. The first-order valence-electron chi connectivity index (χ1n) is 13.7. The average Bonchev–Trinajstić information content (AvgIpc) is 3.61. The zero-order valence-corrected chi connectivity index (χ0v) is 25.0. The number of esters is 1. The molecule has 4 rings (SSSR count). The van der Waals surface area contributed by atoms with Crippen molar-refractivity contribution in [1.29, 1.82) is 0 Å². The topological polar surface area (TPSA) is 164 Å². The second-order valence-electron chi connectivity index (χ2n) is 9.51. The van der Waals surface area contributed by atoms with E-state index in [-0.39, 0.29) is 63.1 Å². The Morgan fingerprint density at radius 2 is 1.60 bits per heavy atom. The third kappa shape index (κ3) is 8.09. The van der Waals surface area contributed by atoms with Crippen molar-refractivity contribution in [1.82, 2.24) is 14.9 Å². The number of thiophene rings is 1. The van der Waals surface area contributed by atoms with Crippen molar-refractivity contribution in [2.45, 2.75) is 52.1 Å². The number of Topliss-reactive ketones (excluding diaryl/α,β-unsaturated/α-hetero) is 1. The monoisotopic (exact) mass is 615 g/mol. The predicted octanol–water partition coefficient (Wildman–Crippen LogP) is 3.79. The van der Waals surface area contributed by atoms with E-state index in [1.807, 2.05) is 0 Å². The maximum atomic E-state index is 12.6. The second kappa shape index (κ2) is 14.6. The zero-order chi connectivity index (χ0) is 30.9. The highest BCUT2D eigenvalue weighted by molar-refractivity contribution is 7.20. The van der Waals surface area contributed by atoms with Crippen LogP contribution in [0.1, 0.15) is 60.0 Å². The molecule has 0 aromatic carbocycles. The Hall–Kier alpha value is -4.46. The van der Waals surface area contributed by atoms with Gasteiger partial charge in [0.15, 0.2) is 17.3 Å². The number of aliphatic carboxylic acids is 1. The van der Waals surface area contributed by atoms with Gasteiger partial charge in [0, 0.05) is 31.9 Å². The van der Waals surface area contributed by atoms with Crippen LogP contribution in [0.4, 0.5) is 0 Å². The molecular formula is C29H33N3O10S. The van der Waals surface area contributed by atoms with Crippen molar-refractivity contribution in [2.24, 2.45) is 0 Å². The Morgan fingerprint density at radius 3 is 2.28 bits per heavy atom. The Balaban J connectivity index is 1.31. The van der Waals surface area contributed by atoms with Crippen LogP contribution in [0.25, 0.3) is 10.2 Å². The van der Waals surface area contributed by atoms with Crippen molar-refractivity contribution in [3.8, 4) is 23.3 Å². The summed E-state index contributed by atoms with van der Waals surface area (Å²) in [7, 11) is 3.01. The number of ether oxygens (including phenoxy) is 5. The fraction of sp³-hybridized carbons (Fsp3) is 0.448. The van der Waals surface area contributed by atoms with E-state index in [1.165, 1.54) is 25.6 Å². The molecule has 0 fully saturated rings. The second-order valence-corrected chi connectivity index (χ2v) is 10.6. The van der Waals surface area contributed by atoms with Gasteiger partial charge in [-0.1, -0.05) is 0 Å². The lowest BCUT2D eigenvalue weighted by atomic mass is 10.2. The fourth-order valence-corrected chi connectivity index (χ4v) is 5.35. The number of rotatable bonds is 16. The molecule has 43 heavy (non-hydrogen) atoms. The normalized spacial score (nSPS) is 12.1. The third-order valence-electron chi connectivity index (χ3n) is 6.51. The first-order valence-corrected chi connectivity index (χ1v) is 14.5. The minimum atomic E-state index is -1.03. The number of pyridine rings is 2. The zero-order valence-electron chi connectivity index (χ0n) is 24.2.